The standard InChI is InChI=1S/C21H30N6O4/c1-5-27-16-15(25-17(27)18(28)22-10-13-6-7-13)19(24-12-23-16)30-14-8-9-26(11-14)20(29)31-21(2,3)4/h12-14H,5-11H2,1-4H3,(H,22,28). The molecule has 1 unspecified atom stereocenters. The molecule has 2 aromatic heterocycles. The Labute approximate surface area is 181 Å². The molecule has 2 amide bonds. The SMILES string of the molecule is CCn1c(C(=O)NCC2CC2)nc2c(OC3CCN(C(=O)OC(C)(C)C)C3)ncnc21. The quantitative estimate of drug-likeness (QED) is 0.749. The Bertz CT molecular complexity index is 978. The van der Waals surface area contributed by atoms with E-state index in [4.69, 9.17) is 9.47 Å². The number of amides is 2. The van der Waals surface area contributed by atoms with Gasteiger partial charge in [-0.2, -0.15) is 4.98 Å². The fourth-order valence-corrected chi connectivity index (χ4v) is 3.59. The molecule has 1 N–H and O–H groups in total. The van der Waals surface area contributed by atoms with E-state index in [0.717, 1.165) is 12.8 Å². The van der Waals surface area contributed by atoms with Crippen LogP contribution in [0.15, 0.2) is 6.33 Å². The van der Waals surface area contributed by atoms with Crippen LogP contribution < -0.4 is 10.1 Å². The van der Waals surface area contributed by atoms with Gasteiger partial charge in [0.1, 0.15) is 18.0 Å². The lowest BCUT2D eigenvalue weighted by Crippen LogP contribution is -2.36. The van der Waals surface area contributed by atoms with Gasteiger partial charge >= 0.3 is 6.09 Å². The van der Waals surface area contributed by atoms with E-state index in [1.807, 2.05) is 27.7 Å². The minimum Gasteiger partial charge on any atom is -0.471 e. The zero-order valence-electron chi connectivity index (χ0n) is 18.6. The van der Waals surface area contributed by atoms with Crippen LogP contribution in [0, 0.1) is 5.92 Å². The second-order valence-corrected chi connectivity index (χ2v) is 9.14. The number of carbonyl (C=O) groups excluding carboxylic acids is 2. The van der Waals surface area contributed by atoms with Crippen LogP contribution in [0.4, 0.5) is 4.79 Å². The minimum absolute atomic E-state index is 0.213. The molecule has 10 heteroatoms. The third-order valence-electron chi connectivity index (χ3n) is 5.34. The van der Waals surface area contributed by atoms with Gasteiger partial charge in [0.2, 0.25) is 11.7 Å². The van der Waals surface area contributed by atoms with Gasteiger partial charge in [0.15, 0.2) is 11.2 Å². The number of hydrogen-bond acceptors (Lipinski definition) is 7. The van der Waals surface area contributed by atoms with E-state index in [-0.39, 0.29) is 18.1 Å². The number of fused-ring (bicyclic) bond motifs is 1. The molecule has 1 aliphatic carbocycles. The van der Waals surface area contributed by atoms with Crippen LogP contribution in [0.2, 0.25) is 0 Å². The van der Waals surface area contributed by atoms with Crippen LogP contribution in [0.3, 0.4) is 0 Å². The summed E-state index contributed by atoms with van der Waals surface area (Å²) in [6, 6.07) is 0. The maximum absolute atomic E-state index is 12.7. The van der Waals surface area contributed by atoms with Crippen molar-refractivity contribution in [2.75, 3.05) is 19.6 Å². The van der Waals surface area contributed by atoms with Gasteiger partial charge in [-0.05, 0) is 46.5 Å². The van der Waals surface area contributed by atoms with Crippen molar-refractivity contribution in [3.63, 3.8) is 0 Å². The molecule has 1 saturated carbocycles. The first kappa shape index (κ1) is 21.3. The number of aryl methyl sites for hydroxylation is 1. The summed E-state index contributed by atoms with van der Waals surface area (Å²) in [7, 11) is 0. The highest BCUT2D eigenvalue weighted by Gasteiger charge is 2.32. The van der Waals surface area contributed by atoms with Crippen LogP contribution >= 0.6 is 0 Å². The lowest BCUT2D eigenvalue weighted by atomic mass is 10.2. The average molecular weight is 431 g/mol. The number of likely N-dealkylation sites (tertiary alicyclic amines) is 1. The molecule has 0 bridgehead atoms. The van der Waals surface area contributed by atoms with E-state index in [1.54, 1.807) is 9.47 Å². The van der Waals surface area contributed by atoms with Crippen LogP contribution in [0.5, 0.6) is 5.88 Å². The summed E-state index contributed by atoms with van der Waals surface area (Å²) in [4.78, 5) is 39.7. The van der Waals surface area contributed by atoms with Crippen molar-refractivity contribution in [1.29, 1.82) is 0 Å². The van der Waals surface area contributed by atoms with E-state index in [1.165, 1.54) is 6.33 Å². The number of rotatable bonds is 6. The van der Waals surface area contributed by atoms with Crippen molar-refractivity contribution < 1.29 is 19.1 Å². The molecule has 3 heterocycles. The van der Waals surface area contributed by atoms with E-state index >= 15 is 0 Å². The zero-order chi connectivity index (χ0) is 22.2. The molecular formula is C21H30N6O4. The van der Waals surface area contributed by atoms with E-state index in [9.17, 15) is 9.59 Å². The normalized spacial score (nSPS) is 19.0. The Morgan fingerprint density at radius 1 is 1.23 bits per heavy atom. The van der Waals surface area contributed by atoms with Crippen molar-refractivity contribution in [2.45, 2.75) is 65.2 Å². The number of carbonyl (C=O) groups is 2. The minimum atomic E-state index is -0.543. The van der Waals surface area contributed by atoms with Crippen molar-refractivity contribution in [2.24, 2.45) is 5.92 Å². The van der Waals surface area contributed by atoms with Crippen molar-refractivity contribution in [1.82, 2.24) is 29.7 Å². The first-order valence-electron chi connectivity index (χ1n) is 10.9. The Balaban J connectivity index is 1.49. The van der Waals surface area contributed by atoms with Gasteiger partial charge < -0.3 is 24.3 Å². The van der Waals surface area contributed by atoms with Gasteiger partial charge in [-0.15, -0.1) is 0 Å². The second kappa shape index (κ2) is 8.32. The summed E-state index contributed by atoms with van der Waals surface area (Å²) in [6.07, 6.45) is 3.82. The van der Waals surface area contributed by atoms with Crippen LogP contribution in [0.25, 0.3) is 11.2 Å². The van der Waals surface area contributed by atoms with Gasteiger partial charge in [0, 0.05) is 26.1 Å². The molecule has 1 saturated heterocycles. The molecule has 10 nitrogen and oxygen atoms in total. The van der Waals surface area contributed by atoms with Gasteiger partial charge in [0.25, 0.3) is 5.91 Å². The van der Waals surface area contributed by atoms with Gasteiger partial charge in [-0.3, -0.25) is 4.79 Å². The average Bonchev–Trinajstić information content (AvgIpc) is 3.27. The highest BCUT2D eigenvalue weighted by molar-refractivity contribution is 5.95. The second-order valence-electron chi connectivity index (χ2n) is 9.14. The van der Waals surface area contributed by atoms with Gasteiger partial charge in [0.05, 0.1) is 6.54 Å². The molecular weight excluding hydrogens is 400 g/mol. The van der Waals surface area contributed by atoms with E-state index in [2.05, 4.69) is 20.3 Å². The van der Waals surface area contributed by atoms with E-state index < -0.39 is 5.60 Å². The molecule has 2 aliphatic rings. The first-order chi connectivity index (χ1) is 14.7. The lowest BCUT2D eigenvalue weighted by Gasteiger charge is -2.24. The largest absolute Gasteiger partial charge is 0.471 e. The molecule has 168 valence electrons. The summed E-state index contributed by atoms with van der Waals surface area (Å²) >= 11 is 0. The summed E-state index contributed by atoms with van der Waals surface area (Å²) < 4.78 is 13.3. The first-order valence-corrected chi connectivity index (χ1v) is 10.9. The highest BCUT2D eigenvalue weighted by Crippen LogP contribution is 2.28. The number of ether oxygens (including phenoxy) is 2. The fraction of sp³-hybridized carbons (Fsp3) is 0.667. The number of hydrogen-bond donors (Lipinski definition) is 1. The predicted octanol–water partition coefficient (Wildman–Crippen LogP) is 2.37. The highest BCUT2D eigenvalue weighted by atomic mass is 16.6. The number of nitrogens with zero attached hydrogens (tertiary/aromatic N) is 5. The third-order valence-corrected chi connectivity index (χ3v) is 5.34. The fourth-order valence-electron chi connectivity index (χ4n) is 3.59. The maximum Gasteiger partial charge on any atom is 0.410 e. The molecule has 2 fully saturated rings. The molecule has 0 aromatic carbocycles. The lowest BCUT2D eigenvalue weighted by molar-refractivity contribution is 0.0275. The Kier molecular flexibility index (Phi) is 5.72. The van der Waals surface area contributed by atoms with Crippen molar-refractivity contribution in [3.05, 3.63) is 12.2 Å². The molecule has 4 rings (SSSR count). The Hall–Kier alpha value is -2.91. The number of aromatic nitrogens is 4. The topological polar surface area (TPSA) is 111 Å². The summed E-state index contributed by atoms with van der Waals surface area (Å²) in [5.41, 5.74) is 0.473. The van der Waals surface area contributed by atoms with Crippen LogP contribution in [0.1, 0.15) is 57.6 Å². The van der Waals surface area contributed by atoms with Crippen LogP contribution in [-0.2, 0) is 11.3 Å². The Morgan fingerprint density at radius 3 is 2.68 bits per heavy atom. The molecule has 31 heavy (non-hydrogen) atoms. The number of nitrogens with one attached hydrogen (secondary N) is 1. The van der Waals surface area contributed by atoms with Crippen LogP contribution in [-0.4, -0.2) is 67.8 Å². The molecule has 2 aromatic rings. The van der Waals surface area contributed by atoms with Crippen molar-refractivity contribution >= 4 is 23.2 Å². The number of imidazole rings is 1. The monoisotopic (exact) mass is 430 g/mol. The molecule has 0 spiro atoms. The summed E-state index contributed by atoms with van der Waals surface area (Å²) in [5, 5.41) is 2.96. The summed E-state index contributed by atoms with van der Waals surface area (Å²) in [5.74, 6) is 1.00. The smallest absolute Gasteiger partial charge is 0.410 e. The molecule has 1 atom stereocenters. The van der Waals surface area contributed by atoms with Gasteiger partial charge in [-0.1, -0.05) is 0 Å². The maximum atomic E-state index is 12.7. The predicted molar refractivity (Wildman–Crippen MR) is 113 cm³/mol. The van der Waals surface area contributed by atoms with E-state index in [0.29, 0.717) is 61.4 Å². The molecule has 1 aliphatic heterocycles. The molecule has 0 radical (unpaired) electrons. The zero-order valence-corrected chi connectivity index (χ0v) is 18.6. The third kappa shape index (κ3) is 4.88. The van der Waals surface area contributed by atoms with Crippen molar-refractivity contribution in [3.8, 4) is 5.88 Å². The Morgan fingerprint density at radius 2 is 2.00 bits per heavy atom. The summed E-state index contributed by atoms with van der Waals surface area (Å²) in [6.45, 7) is 9.64. The van der Waals surface area contributed by atoms with Gasteiger partial charge in [-0.25, -0.2) is 14.8 Å².